The van der Waals surface area contributed by atoms with Crippen LogP contribution in [-0.4, -0.2) is 22.7 Å². The minimum absolute atomic E-state index is 0.00294. The molecule has 1 aliphatic heterocycles. The second kappa shape index (κ2) is 6.29. The van der Waals surface area contributed by atoms with Gasteiger partial charge in [-0.15, -0.1) is 13.2 Å². The standard InChI is InChI=1S/C13H11F3N4OS/c1-3-5-8-7-18-12-11(22-21-13(14,15)16)9(6-17)19-20(12)10(8)4-2/h3-5,18H,1,7H2,2H3/b8-5-,10-4+. The third kappa shape index (κ3) is 3.18. The van der Waals surface area contributed by atoms with Crippen molar-refractivity contribution in [2.24, 2.45) is 0 Å². The normalized spacial score (nSPS) is 18.0. The number of aromatic nitrogens is 2. The van der Waals surface area contributed by atoms with Gasteiger partial charge in [0.25, 0.3) is 0 Å². The van der Waals surface area contributed by atoms with Gasteiger partial charge in [-0.3, -0.25) is 0 Å². The lowest BCUT2D eigenvalue weighted by molar-refractivity contribution is -0.266. The molecule has 0 aliphatic carbocycles. The van der Waals surface area contributed by atoms with Crippen LogP contribution in [0.3, 0.4) is 0 Å². The number of anilines is 1. The Morgan fingerprint density at radius 2 is 2.27 bits per heavy atom. The number of nitriles is 1. The van der Waals surface area contributed by atoms with Gasteiger partial charge in [0, 0.05) is 18.6 Å². The first-order valence-electron chi connectivity index (χ1n) is 6.09. The van der Waals surface area contributed by atoms with Gasteiger partial charge >= 0.3 is 6.36 Å². The third-order valence-corrected chi connectivity index (χ3v) is 3.59. The van der Waals surface area contributed by atoms with E-state index in [0.29, 0.717) is 18.1 Å². The van der Waals surface area contributed by atoms with E-state index in [1.165, 1.54) is 4.68 Å². The lowest BCUT2D eigenvalue weighted by atomic mass is 10.1. The molecule has 1 aliphatic rings. The van der Waals surface area contributed by atoms with Crippen molar-refractivity contribution in [2.45, 2.75) is 18.2 Å². The molecule has 0 fully saturated rings. The Bertz CT molecular complexity index is 697. The van der Waals surface area contributed by atoms with E-state index >= 15 is 0 Å². The van der Waals surface area contributed by atoms with Gasteiger partial charge in [0.2, 0.25) is 0 Å². The molecule has 0 aromatic carbocycles. The summed E-state index contributed by atoms with van der Waals surface area (Å²) < 4.78 is 41.8. The van der Waals surface area contributed by atoms with Gasteiger partial charge in [0.15, 0.2) is 5.69 Å². The zero-order chi connectivity index (χ0) is 16.3. The summed E-state index contributed by atoms with van der Waals surface area (Å²) in [6.45, 7) is 5.76. The van der Waals surface area contributed by atoms with Gasteiger partial charge < -0.3 is 5.32 Å². The minimum atomic E-state index is -4.81. The van der Waals surface area contributed by atoms with Crippen LogP contribution in [0.4, 0.5) is 19.0 Å². The molecule has 0 saturated heterocycles. The molecule has 22 heavy (non-hydrogen) atoms. The summed E-state index contributed by atoms with van der Waals surface area (Å²) in [5, 5.41) is 16.1. The number of nitrogens with zero attached hydrogens (tertiary/aromatic N) is 3. The van der Waals surface area contributed by atoms with E-state index in [1.54, 1.807) is 31.2 Å². The van der Waals surface area contributed by atoms with E-state index in [0.717, 1.165) is 5.57 Å². The van der Waals surface area contributed by atoms with E-state index in [2.05, 4.69) is 21.2 Å². The molecule has 0 bridgehead atoms. The molecule has 0 amide bonds. The van der Waals surface area contributed by atoms with Crippen LogP contribution in [0.2, 0.25) is 0 Å². The Kier molecular flexibility index (Phi) is 4.63. The average Bonchev–Trinajstić information content (AvgIpc) is 2.82. The largest absolute Gasteiger partial charge is 0.533 e. The molecule has 0 spiro atoms. The van der Waals surface area contributed by atoms with E-state index in [-0.39, 0.29) is 22.6 Å². The molecule has 1 N–H and O–H groups in total. The highest BCUT2D eigenvalue weighted by molar-refractivity contribution is 7.95. The van der Waals surface area contributed by atoms with Gasteiger partial charge in [-0.2, -0.15) is 10.4 Å². The number of allylic oxidation sites excluding steroid dienone is 3. The molecule has 0 atom stereocenters. The predicted molar refractivity (Wildman–Crippen MR) is 76.7 cm³/mol. The van der Waals surface area contributed by atoms with Crippen molar-refractivity contribution in [3.8, 4) is 6.07 Å². The number of hydrogen-bond donors (Lipinski definition) is 1. The van der Waals surface area contributed by atoms with Crippen LogP contribution in [0.5, 0.6) is 0 Å². The maximum atomic E-state index is 12.2. The number of hydrogen-bond acceptors (Lipinski definition) is 5. The quantitative estimate of drug-likeness (QED) is 0.857. The van der Waals surface area contributed by atoms with Gasteiger partial charge in [0.1, 0.15) is 16.8 Å². The van der Waals surface area contributed by atoms with E-state index in [4.69, 9.17) is 5.26 Å². The van der Waals surface area contributed by atoms with Gasteiger partial charge in [-0.1, -0.05) is 24.8 Å². The Morgan fingerprint density at radius 1 is 1.55 bits per heavy atom. The monoisotopic (exact) mass is 328 g/mol. The first-order valence-corrected chi connectivity index (χ1v) is 6.83. The van der Waals surface area contributed by atoms with Crippen molar-refractivity contribution in [1.29, 1.82) is 5.26 Å². The highest BCUT2D eigenvalue weighted by Gasteiger charge is 2.33. The fraction of sp³-hybridized carbons (Fsp3) is 0.231. The minimum Gasteiger partial charge on any atom is -0.365 e. The maximum absolute atomic E-state index is 12.2. The smallest absolute Gasteiger partial charge is 0.365 e. The molecular formula is C13H11F3N4OS. The number of alkyl halides is 3. The van der Waals surface area contributed by atoms with Crippen molar-refractivity contribution < 1.29 is 17.4 Å². The van der Waals surface area contributed by atoms with Crippen molar-refractivity contribution in [3.63, 3.8) is 0 Å². The molecule has 1 aromatic heterocycles. The molecule has 5 nitrogen and oxygen atoms in total. The molecule has 0 unspecified atom stereocenters. The van der Waals surface area contributed by atoms with Crippen LogP contribution in [0.1, 0.15) is 12.6 Å². The predicted octanol–water partition coefficient (Wildman–Crippen LogP) is 3.70. The highest BCUT2D eigenvalue weighted by atomic mass is 32.2. The van der Waals surface area contributed by atoms with Crippen LogP contribution in [0, 0.1) is 11.3 Å². The van der Waals surface area contributed by atoms with E-state index < -0.39 is 6.36 Å². The van der Waals surface area contributed by atoms with Crippen LogP contribution in [0.15, 0.2) is 35.3 Å². The summed E-state index contributed by atoms with van der Waals surface area (Å²) in [6, 6.07) is 1.77. The van der Waals surface area contributed by atoms with Crippen molar-refractivity contribution >= 4 is 23.6 Å². The highest BCUT2D eigenvalue weighted by Crippen LogP contribution is 2.39. The van der Waals surface area contributed by atoms with Crippen LogP contribution in [-0.2, 0) is 4.18 Å². The van der Waals surface area contributed by atoms with Crippen LogP contribution < -0.4 is 5.32 Å². The molecular weight excluding hydrogens is 317 g/mol. The number of halogens is 3. The zero-order valence-electron chi connectivity index (χ0n) is 11.4. The first kappa shape index (κ1) is 16.2. The average molecular weight is 328 g/mol. The van der Waals surface area contributed by atoms with Gasteiger partial charge in [0.05, 0.1) is 5.70 Å². The summed E-state index contributed by atoms with van der Waals surface area (Å²) in [6.07, 6.45) is 0.311. The fourth-order valence-electron chi connectivity index (χ4n) is 1.97. The Labute approximate surface area is 128 Å². The molecule has 0 saturated carbocycles. The lowest BCUT2D eigenvalue weighted by Crippen LogP contribution is -2.20. The van der Waals surface area contributed by atoms with Crippen LogP contribution in [0.25, 0.3) is 5.70 Å². The fourth-order valence-corrected chi connectivity index (χ4v) is 2.55. The molecule has 116 valence electrons. The molecule has 1 aromatic rings. The Balaban J connectivity index is 2.46. The van der Waals surface area contributed by atoms with Crippen LogP contribution >= 0.6 is 12.0 Å². The van der Waals surface area contributed by atoms with E-state index in [1.807, 2.05) is 0 Å². The molecule has 2 heterocycles. The summed E-state index contributed by atoms with van der Waals surface area (Å²) in [4.78, 5) is -0.00294. The maximum Gasteiger partial charge on any atom is 0.533 e. The number of fused-ring (bicyclic) bond motifs is 1. The Morgan fingerprint density at radius 3 is 2.82 bits per heavy atom. The van der Waals surface area contributed by atoms with Crippen molar-refractivity contribution in [1.82, 2.24) is 9.78 Å². The Hall–Kier alpha value is -2.18. The van der Waals surface area contributed by atoms with Crippen molar-refractivity contribution in [3.05, 3.63) is 36.1 Å². The number of nitrogens with one attached hydrogen (secondary N) is 1. The van der Waals surface area contributed by atoms with Crippen molar-refractivity contribution in [2.75, 3.05) is 11.9 Å². The SMILES string of the molecule is C=C/C=C1/CNc2c(SOC(F)(F)F)c(C#N)nn2/C1=C/C. The lowest BCUT2D eigenvalue weighted by Gasteiger charge is -2.22. The topological polar surface area (TPSA) is 62.9 Å². The first-order chi connectivity index (χ1) is 10.4. The second-order valence-corrected chi connectivity index (χ2v) is 4.86. The van der Waals surface area contributed by atoms with Gasteiger partial charge in [-0.05, 0) is 12.5 Å². The molecule has 2 rings (SSSR count). The summed E-state index contributed by atoms with van der Waals surface area (Å²) in [5.74, 6) is 0.292. The second-order valence-electron chi connectivity index (χ2n) is 4.12. The summed E-state index contributed by atoms with van der Waals surface area (Å²) in [5.41, 5.74) is 1.38. The summed E-state index contributed by atoms with van der Waals surface area (Å²) >= 11 is 0.0668. The molecule has 9 heteroatoms. The van der Waals surface area contributed by atoms with Gasteiger partial charge in [-0.25, -0.2) is 8.86 Å². The zero-order valence-corrected chi connectivity index (χ0v) is 12.3. The summed E-state index contributed by atoms with van der Waals surface area (Å²) in [7, 11) is 0. The number of rotatable bonds is 3. The molecule has 0 radical (unpaired) electrons. The third-order valence-electron chi connectivity index (χ3n) is 2.76. The van der Waals surface area contributed by atoms with E-state index in [9.17, 15) is 13.2 Å².